The minimum atomic E-state index is -0.152. The lowest BCUT2D eigenvalue weighted by Gasteiger charge is -2.18. The summed E-state index contributed by atoms with van der Waals surface area (Å²) < 4.78 is 11.0. The van der Waals surface area contributed by atoms with E-state index in [1.54, 1.807) is 0 Å². The molecule has 4 nitrogen and oxygen atoms in total. The minimum absolute atomic E-state index is 0.152. The van der Waals surface area contributed by atoms with Gasteiger partial charge in [0, 0.05) is 6.54 Å². The molecule has 0 unspecified atom stereocenters. The first kappa shape index (κ1) is 13.2. The molecule has 0 aromatic carbocycles. The van der Waals surface area contributed by atoms with Gasteiger partial charge in [-0.05, 0) is 33.7 Å². The zero-order valence-corrected chi connectivity index (χ0v) is 10.7. The van der Waals surface area contributed by atoms with Gasteiger partial charge in [0.2, 0.25) is 0 Å². The van der Waals surface area contributed by atoms with Crippen molar-refractivity contribution in [2.45, 2.75) is 52.9 Å². The first-order valence-corrected chi connectivity index (χ1v) is 5.79. The highest BCUT2D eigenvalue weighted by Gasteiger charge is 2.14. The molecule has 0 bridgehead atoms. The number of nitrogens with zero attached hydrogens (tertiary/aromatic N) is 1. The molecule has 0 saturated carbocycles. The van der Waals surface area contributed by atoms with Crippen LogP contribution in [0, 0.1) is 0 Å². The van der Waals surface area contributed by atoms with E-state index in [0.717, 1.165) is 31.0 Å². The lowest BCUT2D eigenvalue weighted by Crippen LogP contribution is -2.20. The van der Waals surface area contributed by atoms with Gasteiger partial charge in [0.25, 0.3) is 0 Å². The largest absolute Gasteiger partial charge is 0.446 e. The highest BCUT2D eigenvalue weighted by molar-refractivity contribution is 5.05. The van der Waals surface area contributed by atoms with Gasteiger partial charge in [0.1, 0.15) is 6.61 Å². The van der Waals surface area contributed by atoms with Crippen molar-refractivity contribution in [3.8, 4) is 0 Å². The van der Waals surface area contributed by atoms with Gasteiger partial charge in [0.15, 0.2) is 12.2 Å². The molecule has 0 spiro atoms. The van der Waals surface area contributed by atoms with Crippen molar-refractivity contribution in [3.05, 3.63) is 17.8 Å². The Morgan fingerprint density at radius 2 is 2.19 bits per heavy atom. The number of hydrogen-bond donors (Lipinski definition) is 1. The molecule has 0 saturated heterocycles. The summed E-state index contributed by atoms with van der Waals surface area (Å²) in [4.78, 5) is 4.18. The Morgan fingerprint density at radius 3 is 2.81 bits per heavy atom. The van der Waals surface area contributed by atoms with E-state index in [-0.39, 0.29) is 5.60 Å². The molecular formula is C12H22N2O2. The maximum Gasteiger partial charge on any atom is 0.181 e. The summed E-state index contributed by atoms with van der Waals surface area (Å²) in [5, 5.41) is 3.30. The first-order valence-electron chi connectivity index (χ1n) is 5.79. The van der Waals surface area contributed by atoms with Gasteiger partial charge >= 0.3 is 0 Å². The molecule has 0 aliphatic carbocycles. The summed E-state index contributed by atoms with van der Waals surface area (Å²) in [7, 11) is 0. The van der Waals surface area contributed by atoms with Crippen LogP contribution in [0.5, 0.6) is 0 Å². The Labute approximate surface area is 97.4 Å². The summed E-state index contributed by atoms with van der Waals surface area (Å²) in [6.07, 6.45) is 2.59. The van der Waals surface area contributed by atoms with Crippen molar-refractivity contribution in [1.29, 1.82) is 0 Å². The number of nitrogens with one attached hydrogen (secondary N) is 1. The number of oxazole rings is 1. The number of hydrogen-bond acceptors (Lipinski definition) is 4. The van der Waals surface area contributed by atoms with Gasteiger partial charge in [-0.2, -0.15) is 0 Å². The summed E-state index contributed by atoms with van der Waals surface area (Å²) >= 11 is 0. The van der Waals surface area contributed by atoms with Crippen molar-refractivity contribution in [3.63, 3.8) is 0 Å². The second-order valence-corrected chi connectivity index (χ2v) is 4.80. The van der Waals surface area contributed by atoms with Crippen LogP contribution in [0.1, 0.15) is 45.6 Å². The van der Waals surface area contributed by atoms with Crippen LogP contribution in [-0.4, -0.2) is 17.1 Å². The molecular weight excluding hydrogens is 204 g/mol. The average Bonchev–Trinajstić information content (AvgIpc) is 2.62. The molecule has 0 aliphatic rings. The Bertz CT molecular complexity index is 302. The minimum Gasteiger partial charge on any atom is -0.446 e. The zero-order valence-electron chi connectivity index (χ0n) is 10.7. The van der Waals surface area contributed by atoms with E-state index < -0.39 is 0 Å². The van der Waals surface area contributed by atoms with Crippen LogP contribution in [0.4, 0.5) is 0 Å². The third-order valence-corrected chi connectivity index (χ3v) is 2.08. The van der Waals surface area contributed by atoms with Gasteiger partial charge in [0.05, 0.1) is 11.3 Å². The molecule has 1 aromatic heterocycles. The van der Waals surface area contributed by atoms with Crippen molar-refractivity contribution in [1.82, 2.24) is 10.3 Å². The Morgan fingerprint density at radius 1 is 1.44 bits per heavy atom. The highest BCUT2D eigenvalue weighted by atomic mass is 16.5. The Balaban J connectivity index is 2.44. The standard InChI is InChI=1S/C12H22N2O2/c1-5-6-13-7-10-11(15-9-14-10)8-16-12(2,3)4/h9,13H,5-8H2,1-4H3. The van der Waals surface area contributed by atoms with Crippen LogP contribution in [-0.2, 0) is 17.9 Å². The van der Waals surface area contributed by atoms with E-state index in [4.69, 9.17) is 9.15 Å². The zero-order chi connectivity index (χ0) is 12.0. The van der Waals surface area contributed by atoms with E-state index in [0.29, 0.717) is 6.61 Å². The van der Waals surface area contributed by atoms with Crippen LogP contribution >= 0.6 is 0 Å². The van der Waals surface area contributed by atoms with Crippen LogP contribution in [0.25, 0.3) is 0 Å². The van der Waals surface area contributed by atoms with Gasteiger partial charge in [-0.3, -0.25) is 0 Å². The third-order valence-electron chi connectivity index (χ3n) is 2.08. The molecule has 4 heteroatoms. The smallest absolute Gasteiger partial charge is 0.181 e. The fourth-order valence-electron chi connectivity index (χ4n) is 1.22. The first-order chi connectivity index (χ1) is 7.53. The SMILES string of the molecule is CCCNCc1ncoc1COC(C)(C)C. The molecule has 0 aliphatic heterocycles. The fraction of sp³-hybridized carbons (Fsp3) is 0.750. The van der Waals surface area contributed by atoms with E-state index in [9.17, 15) is 0 Å². The molecule has 1 rings (SSSR count). The normalized spacial score (nSPS) is 12.0. The maximum atomic E-state index is 5.66. The van der Waals surface area contributed by atoms with Crippen molar-refractivity contribution in [2.24, 2.45) is 0 Å². The van der Waals surface area contributed by atoms with E-state index in [1.165, 1.54) is 6.39 Å². The van der Waals surface area contributed by atoms with Crippen molar-refractivity contribution < 1.29 is 9.15 Å². The maximum absolute atomic E-state index is 5.66. The molecule has 0 fully saturated rings. The Hall–Kier alpha value is -0.870. The second-order valence-electron chi connectivity index (χ2n) is 4.80. The molecule has 1 heterocycles. The summed E-state index contributed by atoms with van der Waals surface area (Å²) in [5.41, 5.74) is 0.790. The van der Waals surface area contributed by atoms with E-state index >= 15 is 0 Å². The number of ether oxygens (including phenoxy) is 1. The average molecular weight is 226 g/mol. The number of rotatable bonds is 6. The molecule has 16 heavy (non-hydrogen) atoms. The van der Waals surface area contributed by atoms with Gasteiger partial charge < -0.3 is 14.5 Å². The molecule has 0 radical (unpaired) electrons. The van der Waals surface area contributed by atoms with Gasteiger partial charge in [-0.25, -0.2) is 4.98 Å². The second kappa shape index (κ2) is 6.01. The predicted octanol–water partition coefficient (Wildman–Crippen LogP) is 2.49. The monoisotopic (exact) mass is 226 g/mol. The van der Waals surface area contributed by atoms with Crippen LogP contribution in [0.15, 0.2) is 10.8 Å². The lowest BCUT2D eigenvalue weighted by atomic mass is 10.2. The Kier molecular flexibility index (Phi) is 4.96. The topological polar surface area (TPSA) is 47.3 Å². The molecule has 92 valence electrons. The van der Waals surface area contributed by atoms with Crippen LogP contribution < -0.4 is 5.32 Å². The van der Waals surface area contributed by atoms with E-state index in [1.807, 2.05) is 20.8 Å². The fourth-order valence-corrected chi connectivity index (χ4v) is 1.22. The quantitative estimate of drug-likeness (QED) is 0.757. The molecule has 1 N–H and O–H groups in total. The van der Waals surface area contributed by atoms with E-state index in [2.05, 4.69) is 17.2 Å². The summed E-state index contributed by atoms with van der Waals surface area (Å²) in [5.74, 6) is 0.818. The molecule has 1 aromatic rings. The van der Waals surface area contributed by atoms with Crippen molar-refractivity contribution >= 4 is 0 Å². The third kappa shape index (κ3) is 4.77. The van der Waals surface area contributed by atoms with Gasteiger partial charge in [-0.1, -0.05) is 6.92 Å². The molecule has 0 atom stereocenters. The predicted molar refractivity (Wildman–Crippen MR) is 63.0 cm³/mol. The highest BCUT2D eigenvalue weighted by Crippen LogP contribution is 2.14. The lowest BCUT2D eigenvalue weighted by molar-refractivity contribution is -0.0228. The van der Waals surface area contributed by atoms with Crippen molar-refractivity contribution in [2.75, 3.05) is 6.54 Å². The molecule has 0 amide bonds. The summed E-state index contributed by atoms with van der Waals surface area (Å²) in [6, 6.07) is 0. The van der Waals surface area contributed by atoms with Crippen LogP contribution in [0.2, 0.25) is 0 Å². The number of aromatic nitrogens is 1. The van der Waals surface area contributed by atoms with Crippen LogP contribution in [0.3, 0.4) is 0 Å². The van der Waals surface area contributed by atoms with Gasteiger partial charge in [-0.15, -0.1) is 0 Å². The summed E-state index contributed by atoms with van der Waals surface area (Å²) in [6.45, 7) is 10.4.